The van der Waals surface area contributed by atoms with E-state index in [9.17, 15) is 9.90 Å². The number of carbonyl (C=O) groups excluding carboxylic acids is 1. The molecule has 1 heterocycles. The maximum Gasteiger partial charge on any atom is 0.348 e. The molecule has 0 bridgehead atoms. The number of esters is 1. The van der Waals surface area contributed by atoms with Crippen LogP contribution in [-0.2, 0) is 15.1 Å². The van der Waals surface area contributed by atoms with Gasteiger partial charge in [0.05, 0.1) is 20.1 Å². The van der Waals surface area contributed by atoms with Crippen molar-refractivity contribution in [1.29, 1.82) is 0 Å². The molecule has 25 heavy (non-hydrogen) atoms. The van der Waals surface area contributed by atoms with Crippen LogP contribution >= 0.6 is 0 Å². The summed E-state index contributed by atoms with van der Waals surface area (Å²) in [7, 11) is 2.18. The van der Waals surface area contributed by atoms with Crippen LogP contribution in [0.25, 0.3) is 0 Å². The summed E-state index contributed by atoms with van der Waals surface area (Å²) >= 11 is 0. The van der Waals surface area contributed by atoms with E-state index in [1.54, 1.807) is 24.3 Å². The second-order valence-corrected chi connectivity index (χ2v) is 7.10. The molecular formula is C21H26NO3+. The molecule has 2 aromatic carbocycles. The molecule has 4 nitrogen and oxygen atoms in total. The van der Waals surface area contributed by atoms with E-state index in [-0.39, 0.29) is 6.10 Å². The zero-order valence-corrected chi connectivity index (χ0v) is 14.9. The van der Waals surface area contributed by atoms with Gasteiger partial charge in [-0.05, 0) is 18.1 Å². The van der Waals surface area contributed by atoms with Crippen LogP contribution in [0.1, 0.15) is 24.5 Å². The number of aliphatic hydroxyl groups is 1. The number of quaternary nitrogens is 1. The zero-order chi connectivity index (χ0) is 17.9. The lowest BCUT2D eigenvalue weighted by molar-refractivity contribution is -0.897. The van der Waals surface area contributed by atoms with Crippen LogP contribution < -0.4 is 0 Å². The molecule has 1 saturated heterocycles. The quantitative estimate of drug-likeness (QED) is 0.672. The van der Waals surface area contributed by atoms with E-state index in [4.69, 9.17) is 4.74 Å². The van der Waals surface area contributed by atoms with Gasteiger partial charge in [-0.2, -0.15) is 0 Å². The number of likely N-dealkylation sites (N-methyl/N-ethyl adjacent to an activating group) is 1. The minimum Gasteiger partial charge on any atom is -0.453 e. The molecule has 0 aromatic heterocycles. The summed E-state index contributed by atoms with van der Waals surface area (Å²) < 4.78 is 6.67. The lowest BCUT2D eigenvalue weighted by Gasteiger charge is -2.30. The topological polar surface area (TPSA) is 46.5 Å². The second kappa shape index (κ2) is 6.98. The Labute approximate surface area is 149 Å². The van der Waals surface area contributed by atoms with Gasteiger partial charge in [-0.3, -0.25) is 0 Å². The number of hydrogen-bond acceptors (Lipinski definition) is 3. The lowest BCUT2D eigenvalue weighted by Crippen LogP contribution is -2.44. The third-order valence-corrected chi connectivity index (χ3v) is 5.35. The van der Waals surface area contributed by atoms with Gasteiger partial charge in [-0.25, -0.2) is 4.79 Å². The van der Waals surface area contributed by atoms with Crippen LogP contribution in [0.15, 0.2) is 60.7 Å². The molecule has 4 heteroatoms. The molecule has 1 aliphatic rings. The molecule has 0 saturated carbocycles. The summed E-state index contributed by atoms with van der Waals surface area (Å²) in [5.74, 6) is -0.598. The lowest BCUT2D eigenvalue weighted by atomic mass is 9.86. The number of ether oxygens (including phenoxy) is 1. The summed E-state index contributed by atoms with van der Waals surface area (Å²) in [6.45, 7) is 4.94. The number of carbonyl (C=O) groups is 1. The van der Waals surface area contributed by atoms with E-state index < -0.39 is 11.6 Å². The van der Waals surface area contributed by atoms with E-state index in [1.165, 1.54) is 0 Å². The Morgan fingerprint density at radius 2 is 1.64 bits per heavy atom. The number of nitrogens with zero attached hydrogens (tertiary/aromatic N) is 1. The first-order valence-corrected chi connectivity index (χ1v) is 8.86. The standard InChI is InChI=1S/C21H26NO3/c1-3-22(2)15-14-19(16-22)25-20(23)21(24,17-10-6-4-7-11-17)18-12-8-5-9-13-18/h4-13,19,24H,3,14-16H2,1-2H3/q+1. The Morgan fingerprint density at radius 3 is 2.08 bits per heavy atom. The monoisotopic (exact) mass is 340 g/mol. The van der Waals surface area contributed by atoms with Crippen LogP contribution in [0.4, 0.5) is 0 Å². The van der Waals surface area contributed by atoms with Gasteiger partial charge in [-0.15, -0.1) is 0 Å². The Morgan fingerprint density at radius 1 is 1.12 bits per heavy atom. The fraction of sp³-hybridized carbons (Fsp3) is 0.381. The van der Waals surface area contributed by atoms with Gasteiger partial charge >= 0.3 is 5.97 Å². The van der Waals surface area contributed by atoms with Crippen molar-refractivity contribution in [2.24, 2.45) is 0 Å². The van der Waals surface area contributed by atoms with Crippen molar-refractivity contribution in [2.45, 2.75) is 25.0 Å². The molecular weight excluding hydrogens is 314 g/mol. The average molecular weight is 340 g/mol. The Balaban J connectivity index is 1.89. The smallest absolute Gasteiger partial charge is 0.348 e. The molecule has 1 fully saturated rings. The van der Waals surface area contributed by atoms with Crippen molar-refractivity contribution in [3.8, 4) is 0 Å². The first-order chi connectivity index (χ1) is 12.0. The first kappa shape index (κ1) is 17.6. The van der Waals surface area contributed by atoms with Crippen LogP contribution in [0.5, 0.6) is 0 Å². The highest BCUT2D eigenvalue weighted by Gasteiger charge is 2.45. The number of benzene rings is 2. The van der Waals surface area contributed by atoms with Crippen LogP contribution in [-0.4, -0.2) is 48.3 Å². The Hall–Kier alpha value is -2.17. The average Bonchev–Trinajstić information content (AvgIpc) is 3.04. The number of rotatable bonds is 5. The minimum absolute atomic E-state index is 0.156. The van der Waals surface area contributed by atoms with Gasteiger partial charge in [0.2, 0.25) is 5.60 Å². The Kier molecular flexibility index (Phi) is 4.93. The first-order valence-electron chi connectivity index (χ1n) is 8.86. The largest absolute Gasteiger partial charge is 0.453 e. The molecule has 1 aliphatic heterocycles. The maximum atomic E-state index is 13.0. The highest BCUT2D eigenvalue weighted by atomic mass is 16.6. The van der Waals surface area contributed by atoms with Gasteiger partial charge < -0.3 is 14.3 Å². The molecule has 3 rings (SSSR count). The van der Waals surface area contributed by atoms with Crippen LogP contribution in [0.2, 0.25) is 0 Å². The highest BCUT2D eigenvalue weighted by molar-refractivity contribution is 5.85. The number of likely N-dealkylation sites (tertiary alicyclic amines) is 1. The molecule has 0 radical (unpaired) electrons. The summed E-state index contributed by atoms with van der Waals surface area (Å²) in [6.07, 6.45) is 0.673. The van der Waals surface area contributed by atoms with Gasteiger partial charge in [0, 0.05) is 6.42 Å². The third-order valence-electron chi connectivity index (χ3n) is 5.35. The third kappa shape index (κ3) is 3.46. The van der Waals surface area contributed by atoms with Gasteiger partial charge in [0.25, 0.3) is 0 Å². The predicted octanol–water partition coefficient (Wildman–Crippen LogP) is 2.70. The van der Waals surface area contributed by atoms with E-state index >= 15 is 0 Å². The highest BCUT2D eigenvalue weighted by Crippen LogP contribution is 2.32. The predicted molar refractivity (Wildman–Crippen MR) is 96.8 cm³/mol. The molecule has 0 spiro atoms. The van der Waals surface area contributed by atoms with Gasteiger partial charge in [0.1, 0.15) is 6.54 Å². The van der Waals surface area contributed by atoms with E-state index in [0.29, 0.717) is 11.1 Å². The van der Waals surface area contributed by atoms with Crippen LogP contribution in [0.3, 0.4) is 0 Å². The van der Waals surface area contributed by atoms with Gasteiger partial charge in [-0.1, -0.05) is 60.7 Å². The molecule has 2 aromatic rings. The molecule has 1 N–H and O–H groups in total. The zero-order valence-electron chi connectivity index (χ0n) is 14.9. The summed E-state index contributed by atoms with van der Waals surface area (Å²) in [4.78, 5) is 13.0. The summed E-state index contributed by atoms with van der Waals surface area (Å²) in [6, 6.07) is 18.0. The van der Waals surface area contributed by atoms with Crippen molar-refractivity contribution in [3.63, 3.8) is 0 Å². The van der Waals surface area contributed by atoms with Crippen molar-refractivity contribution >= 4 is 5.97 Å². The summed E-state index contributed by atoms with van der Waals surface area (Å²) in [5.41, 5.74) is -0.741. The molecule has 0 aliphatic carbocycles. The molecule has 132 valence electrons. The second-order valence-electron chi connectivity index (χ2n) is 7.10. The normalized spacial score (nSPS) is 23.4. The van der Waals surface area contributed by atoms with Crippen LogP contribution in [0, 0.1) is 0 Å². The SMILES string of the molecule is CC[N+]1(C)CCC(OC(=O)C(O)(c2ccccc2)c2ccccc2)C1. The van der Waals surface area contributed by atoms with Crippen molar-refractivity contribution < 1.29 is 19.1 Å². The maximum absolute atomic E-state index is 13.0. The fourth-order valence-electron chi connectivity index (χ4n) is 3.51. The van der Waals surface area contributed by atoms with E-state index in [1.807, 2.05) is 36.4 Å². The molecule has 2 unspecified atom stereocenters. The van der Waals surface area contributed by atoms with Crippen molar-refractivity contribution in [2.75, 3.05) is 26.7 Å². The fourth-order valence-corrected chi connectivity index (χ4v) is 3.51. The molecule has 2 atom stereocenters. The van der Waals surface area contributed by atoms with E-state index in [2.05, 4.69) is 14.0 Å². The summed E-state index contributed by atoms with van der Waals surface area (Å²) in [5, 5.41) is 11.4. The van der Waals surface area contributed by atoms with E-state index in [0.717, 1.165) is 30.5 Å². The van der Waals surface area contributed by atoms with Crippen molar-refractivity contribution in [3.05, 3.63) is 71.8 Å². The minimum atomic E-state index is -1.79. The Bertz CT molecular complexity index is 677. The number of hydrogen-bond donors (Lipinski definition) is 1. The molecule has 0 amide bonds. The van der Waals surface area contributed by atoms with Gasteiger partial charge in [0.15, 0.2) is 6.10 Å². The van der Waals surface area contributed by atoms with Crippen molar-refractivity contribution in [1.82, 2.24) is 0 Å².